The number of carboxylic acids is 1. The zero-order valence-electron chi connectivity index (χ0n) is 14.1. The van der Waals surface area contributed by atoms with Crippen LogP contribution in [0.25, 0.3) is 0 Å². The molecule has 0 bridgehead atoms. The zero-order chi connectivity index (χ0) is 17.1. The summed E-state index contributed by atoms with van der Waals surface area (Å²) < 4.78 is 5.40. The minimum atomic E-state index is -0.993. The standard InChI is InChI=1S/C19H25NO4/c1-13-11-20(12-17(24-13)19(22)23)18(21)16-9-7-15(8-10-16)14-5-3-2-4-6-14/h2-6,13,15-17H,7-12H2,1H3,(H,22,23)/t13-,15?,16?,17?/m1/s1. The number of carbonyl (C=O) groups is 2. The predicted octanol–water partition coefficient (Wildman–Crippen LogP) is 2.66. The van der Waals surface area contributed by atoms with Gasteiger partial charge in [-0.15, -0.1) is 0 Å². The molecule has 1 aromatic rings. The summed E-state index contributed by atoms with van der Waals surface area (Å²) in [7, 11) is 0. The molecule has 2 fully saturated rings. The molecule has 5 nitrogen and oxygen atoms in total. The molecule has 1 saturated heterocycles. The highest BCUT2D eigenvalue weighted by molar-refractivity contribution is 5.80. The Morgan fingerprint density at radius 2 is 1.75 bits per heavy atom. The van der Waals surface area contributed by atoms with Crippen molar-refractivity contribution in [2.24, 2.45) is 5.92 Å². The molecule has 1 N–H and O–H groups in total. The first-order valence-corrected chi connectivity index (χ1v) is 8.76. The molecule has 2 aliphatic rings. The monoisotopic (exact) mass is 331 g/mol. The Bertz CT molecular complexity index is 580. The molecule has 24 heavy (non-hydrogen) atoms. The summed E-state index contributed by atoms with van der Waals surface area (Å²) in [4.78, 5) is 25.7. The van der Waals surface area contributed by atoms with Gasteiger partial charge in [0.15, 0.2) is 6.10 Å². The third-order valence-electron chi connectivity index (χ3n) is 5.19. The highest BCUT2D eigenvalue weighted by Crippen LogP contribution is 2.36. The first-order valence-electron chi connectivity index (χ1n) is 8.76. The number of carbonyl (C=O) groups excluding carboxylic acids is 1. The summed E-state index contributed by atoms with van der Waals surface area (Å²) in [6.07, 6.45) is 2.65. The van der Waals surface area contributed by atoms with Crippen molar-refractivity contribution >= 4 is 11.9 Å². The first-order chi connectivity index (χ1) is 11.5. The minimum absolute atomic E-state index is 0.0182. The van der Waals surface area contributed by atoms with Crippen molar-refractivity contribution < 1.29 is 19.4 Å². The van der Waals surface area contributed by atoms with Crippen molar-refractivity contribution in [3.63, 3.8) is 0 Å². The van der Waals surface area contributed by atoms with Crippen LogP contribution in [0.15, 0.2) is 30.3 Å². The van der Waals surface area contributed by atoms with E-state index in [2.05, 4.69) is 24.3 Å². The van der Waals surface area contributed by atoms with Gasteiger partial charge in [-0.05, 0) is 44.1 Å². The van der Waals surface area contributed by atoms with Crippen LogP contribution in [0.2, 0.25) is 0 Å². The summed E-state index contributed by atoms with van der Waals surface area (Å²) in [6.45, 7) is 2.47. The van der Waals surface area contributed by atoms with Crippen molar-refractivity contribution in [3.8, 4) is 0 Å². The largest absolute Gasteiger partial charge is 0.479 e. The quantitative estimate of drug-likeness (QED) is 0.925. The van der Waals surface area contributed by atoms with Crippen LogP contribution in [0.1, 0.15) is 44.1 Å². The molecule has 1 saturated carbocycles. The fourth-order valence-corrected chi connectivity index (χ4v) is 3.92. The molecule has 1 aromatic carbocycles. The number of hydrogen-bond donors (Lipinski definition) is 1. The Morgan fingerprint density at radius 3 is 2.38 bits per heavy atom. The van der Waals surface area contributed by atoms with E-state index >= 15 is 0 Å². The average molecular weight is 331 g/mol. The van der Waals surface area contributed by atoms with Crippen molar-refractivity contribution in [3.05, 3.63) is 35.9 Å². The van der Waals surface area contributed by atoms with E-state index in [0.717, 1.165) is 25.7 Å². The van der Waals surface area contributed by atoms with Gasteiger partial charge in [0.1, 0.15) is 0 Å². The zero-order valence-corrected chi connectivity index (χ0v) is 14.1. The van der Waals surface area contributed by atoms with Crippen LogP contribution in [0, 0.1) is 5.92 Å². The molecule has 0 radical (unpaired) electrons. The molecule has 0 spiro atoms. The van der Waals surface area contributed by atoms with Crippen molar-refractivity contribution in [2.45, 2.75) is 50.7 Å². The van der Waals surface area contributed by atoms with Gasteiger partial charge in [-0.1, -0.05) is 30.3 Å². The molecular weight excluding hydrogens is 306 g/mol. The number of carboxylic acid groups (broad SMARTS) is 1. The molecule has 2 atom stereocenters. The van der Waals surface area contributed by atoms with Gasteiger partial charge in [-0.2, -0.15) is 0 Å². The van der Waals surface area contributed by atoms with E-state index in [1.54, 1.807) is 4.90 Å². The summed E-state index contributed by atoms with van der Waals surface area (Å²) in [5.74, 6) is -0.342. The SMILES string of the molecule is C[C@@H]1CN(C(=O)C2CCC(c3ccccc3)CC2)CC(C(=O)O)O1. The molecule has 130 valence electrons. The Morgan fingerprint density at radius 1 is 1.08 bits per heavy atom. The Kier molecular flexibility index (Phi) is 5.19. The third kappa shape index (κ3) is 3.78. The minimum Gasteiger partial charge on any atom is -0.479 e. The average Bonchev–Trinajstić information content (AvgIpc) is 2.61. The molecule has 1 aliphatic carbocycles. The molecule has 1 heterocycles. The summed E-state index contributed by atoms with van der Waals surface area (Å²) in [6, 6.07) is 10.5. The maximum absolute atomic E-state index is 12.8. The van der Waals surface area contributed by atoms with Gasteiger partial charge in [0.25, 0.3) is 0 Å². The predicted molar refractivity (Wildman–Crippen MR) is 89.7 cm³/mol. The number of rotatable bonds is 3. The van der Waals surface area contributed by atoms with E-state index in [-0.39, 0.29) is 24.5 Å². The summed E-state index contributed by atoms with van der Waals surface area (Å²) in [5, 5.41) is 9.16. The lowest BCUT2D eigenvalue weighted by molar-refractivity contribution is -0.168. The summed E-state index contributed by atoms with van der Waals surface area (Å²) >= 11 is 0. The van der Waals surface area contributed by atoms with Crippen LogP contribution in [-0.2, 0) is 14.3 Å². The number of benzene rings is 1. The van der Waals surface area contributed by atoms with Gasteiger partial charge < -0.3 is 14.7 Å². The van der Waals surface area contributed by atoms with Crippen LogP contribution >= 0.6 is 0 Å². The fourth-order valence-electron chi connectivity index (χ4n) is 3.92. The number of amides is 1. The number of hydrogen-bond acceptors (Lipinski definition) is 3. The lowest BCUT2D eigenvalue weighted by Crippen LogP contribution is -2.53. The topological polar surface area (TPSA) is 66.8 Å². The van der Waals surface area contributed by atoms with Gasteiger partial charge in [-0.25, -0.2) is 4.79 Å². The molecule has 5 heteroatoms. The van der Waals surface area contributed by atoms with Gasteiger partial charge in [0, 0.05) is 12.5 Å². The molecule has 1 unspecified atom stereocenters. The molecule has 1 aliphatic heterocycles. The van der Waals surface area contributed by atoms with Gasteiger partial charge in [0.05, 0.1) is 12.6 Å². The van der Waals surface area contributed by atoms with Gasteiger partial charge >= 0.3 is 5.97 Å². The summed E-state index contributed by atoms with van der Waals surface area (Å²) in [5.41, 5.74) is 1.36. The van der Waals surface area contributed by atoms with E-state index in [4.69, 9.17) is 9.84 Å². The first kappa shape index (κ1) is 17.0. The Hall–Kier alpha value is -1.88. The van der Waals surface area contributed by atoms with Gasteiger partial charge in [0.2, 0.25) is 5.91 Å². The highest BCUT2D eigenvalue weighted by Gasteiger charge is 2.36. The van der Waals surface area contributed by atoms with E-state index in [9.17, 15) is 9.59 Å². The smallest absolute Gasteiger partial charge is 0.334 e. The van der Waals surface area contributed by atoms with Crippen LogP contribution in [0.3, 0.4) is 0 Å². The Balaban J connectivity index is 1.58. The van der Waals surface area contributed by atoms with E-state index < -0.39 is 12.1 Å². The van der Waals surface area contributed by atoms with E-state index in [1.165, 1.54) is 5.56 Å². The maximum Gasteiger partial charge on any atom is 0.334 e. The second kappa shape index (κ2) is 7.34. The fraction of sp³-hybridized carbons (Fsp3) is 0.579. The van der Waals surface area contributed by atoms with Crippen LogP contribution in [0.4, 0.5) is 0 Å². The van der Waals surface area contributed by atoms with Crippen LogP contribution in [0.5, 0.6) is 0 Å². The number of nitrogens with zero attached hydrogens (tertiary/aromatic N) is 1. The molecule has 1 amide bonds. The lowest BCUT2D eigenvalue weighted by Gasteiger charge is -2.38. The van der Waals surface area contributed by atoms with Gasteiger partial charge in [-0.3, -0.25) is 4.79 Å². The molecule has 3 rings (SSSR count). The second-order valence-corrected chi connectivity index (χ2v) is 6.98. The lowest BCUT2D eigenvalue weighted by atomic mass is 9.78. The number of morpholine rings is 1. The highest BCUT2D eigenvalue weighted by atomic mass is 16.5. The Labute approximate surface area is 142 Å². The van der Waals surface area contributed by atoms with Crippen LogP contribution in [-0.4, -0.2) is 47.2 Å². The van der Waals surface area contributed by atoms with Crippen molar-refractivity contribution in [2.75, 3.05) is 13.1 Å². The van der Waals surface area contributed by atoms with E-state index in [0.29, 0.717) is 12.5 Å². The molecular formula is C19H25NO4. The third-order valence-corrected chi connectivity index (χ3v) is 5.19. The van der Waals surface area contributed by atoms with Crippen molar-refractivity contribution in [1.29, 1.82) is 0 Å². The normalized spacial score (nSPS) is 30.8. The second-order valence-electron chi connectivity index (χ2n) is 6.98. The number of ether oxygens (including phenoxy) is 1. The van der Waals surface area contributed by atoms with E-state index in [1.807, 2.05) is 13.0 Å². The maximum atomic E-state index is 12.8. The number of aliphatic carboxylic acids is 1. The molecule has 0 aromatic heterocycles. The van der Waals surface area contributed by atoms with Crippen molar-refractivity contribution in [1.82, 2.24) is 4.90 Å². The van der Waals surface area contributed by atoms with Crippen LogP contribution < -0.4 is 0 Å².